The number of carbonyl (C=O) groups is 1. The lowest BCUT2D eigenvalue weighted by atomic mass is 10.0. The van der Waals surface area contributed by atoms with Gasteiger partial charge in [-0.3, -0.25) is 0 Å². The molecule has 2 aromatic carbocycles. The number of benzene rings is 2. The molecule has 0 spiro atoms. The zero-order valence-electron chi connectivity index (χ0n) is 9.47. The Labute approximate surface area is 106 Å². The number of esters is 1. The number of hydrogen-bond donors (Lipinski definition) is 1. The molecule has 0 heterocycles. The summed E-state index contributed by atoms with van der Waals surface area (Å²) in [6.07, 6.45) is 0. The Morgan fingerprint density at radius 1 is 1.18 bits per heavy atom. The maximum absolute atomic E-state index is 11.6. The lowest BCUT2D eigenvalue weighted by molar-refractivity contribution is 0.0603. The zero-order chi connectivity index (χ0) is 11.5. The summed E-state index contributed by atoms with van der Waals surface area (Å²) in [6.45, 7) is 0.460. The van der Waals surface area contributed by atoms with Gasteiger partial charge < -0.3 is 10.5 Å². The molecule has 4 heteroatoms. The van der Waals surface area contributed by atoms with E-state index in [0.717, 1.165) is 16.3 Å². The molecule has 2 N–H and O–H groups in total. The second kappa shape index (κ2) is 5.66. The molecule has 0 bridgehead atoms. The lowest BCUT2D eigenvalue weighted by Crippen LogP contribution is -2.03. The molecular weight excluding hydrogens is 238 g/mol. The second-order valence-electron chi connectivity index (χ2n) is 3.51. The fraction of sp³-hybridized carbons (Fsp3) is 0.154. The van der Waals surface area contributed by atoms with Crippen molar-refractivity contribution in [3.63, 3.8) is 0 Å². The van der Waals surface area contributed by atoms with E-state index in [9.17, 15) is 4.79 Å². The van der Waals surface area contributed by atoms with E-state index in [1.165, 1.54) is 7.11 Å². The molecule has 0 saturated heterocycles. The van der Waals surface area contributed by atoms with Crippen molar-refractivity contribution in [1.82, 2.24) is 0 Å². The molecule has 17 heavy (non-hydrogen) atoms. The van der Waals surface area contributed by atoms with E-state index in [4.69, 9.17) is 10.5 Å². The second-order valence-corrected chi connectivity index (χ2v) is 3.51. The number of fused-ring (bicyclic) bond motifs is 1. The highest BCUT2D eigenvalue weighted by molar-refractivity contribution is 6.05. The van der Waals surface area contributed by atoms with Crippen LogP contribution in [-0.4, -0.2) is 13.1 Å². The van der Waals surface area contributed by atoms with Crippen LogP contribution in [0.1, 0.15) is 15.9 Å². The van der Waals surface area contributed by atoms with Crippen LogP contribution in [0.5, 0.6) is 0 Å². The first kappa shape index (κ1) is 13.5. The van der Waals surface area contributed by atoms with E-state index in [2.05, 4.69) is 0 Å². The van der Waals surface area contributed by atoms with Gasteiger partial charge >= 0.3 is 5.97 Å². The molecule has 0 fully saturated rings. The summed E-state index contributed by atoms with van der Waals surface area (Å²) in [5.41, 5.74) is 7.27. The highest BCUT2D eigenvalue weighted by Crippen LogP contribution is 2.22. The van der Waals surface area contributed by atoms with Gasteiger partial charge in [0.15, 0.2) is 0 Å². The SMILES string of the molecule is COC(=O)c1cccc2c(CN)cccc12.Cl. The number of rotatable bonds is 2. The van der Waals surface area contributed by atoms with Crippen molar-refractivity contribution in [2.45, 2.75) is 6.54 Å². The van der Waals surface area contributed by atoms with Crippen LogP contribution >= 0.6 is 12.4 Å². The molecular formula is C13H14ClNO2. The minimum absolute atomic E-state index is 0. The summed E-state index contributed by atoms with van der Waals surface area (Å²) in [5, 5.41) is 1.89. The Hall–Kier alpha value is -1.58. The molecule has 0 amide bonds. The number of methoxy groups -OCH3 is 1. The van der Waals surface area contributed by atoms with E-state index in [0.29, 0.717) is 12.1 Å². The summed E-state index contributed by atoms with van der Waals surface area (Å²) >= 11 is 0. The number of halogens is 1. The Balaban J connectivity index is 0.00000144. The molecule has 0 aliphatic carbocycles. The Bertz CT molecular complexity index is 540. The monoisotopic (exact) mass is 251 g/mol. The third-order valence-electron chi connectivity index (χ3n) is 2.64. The largest absolute Gasteiger partial charge is 0.465 e. The fourth-order valence-corrected chi connectivity index (χ4v) is 1.84. The summed E-state index contributed by atoms with van der Waals surface area (Å²) in [5.74, 6) is -0.320. The predicted molar refractivity (Wildman–Crippen MR) is 70.4 cm³/mol. The Morgan fingerprint density at radius 3 is 2.47 bits per heavy atom. The minimum atomic E-state index is -0.320. The summed E-state index contributed by atoms with van der Waals surface area (Å²) in [6, 6.07) is 11.3. The molecule has 3 nitrogen and oxygen atoms in total. The van der Waals surface area contributed by atoms with E-state index in [-0.39, 0.29) is 18.4 Å². The van der Waals surface area contributed by atoms with E-state index < -0.39 is 0 Å². The number of ether oxygens (including phenoxy) is 1. The minimum Gasteiger partial charge on any atom is -0.465 e. The van der Waals surface area contributed by atoms with Crippen molar-refractivity contribution in [3.05, 3.63) is 47.5 Å². The van der Waals surface area contributed by atoms with Gasteiger partial charge in [0.1, 0.15) is 0 Å². The molecule has 0 unspecified atom stereocenters. The van der Waals surface area contributed by atoms with Gasteiger partial charge in [0.25, 0.3) is 0 Å². The van der Waals surface area contributed by atoms with Gasteiger partial charge in [0, 0.05) is 6.54 Å². The summed E-state index contributed by atoms with van der Waals surface area (Å²) < 4.78 is 4.75. The molecule has 2 aromatic rings. The van der Waals surface area contributed by atoms with Gasteiger partial charge in [-0.05, 0) is 22.4 Å². The van der Waals surface area contributed by atoms with Gasteiger partial charge in [-0.2, -0.15) is 0 Å². The van der Waals surface area contributed by atoms with Crippen LogP contribution in [0.4, 0.5) is 0 Å². The fourth-order valence-electron chi connectivity index (χ4n) is 1.84. The number of carbonyl (C=O) groups excluding carboxylic acids is 1. The molecule has 0 saturated carbocycles. The average molecular weight is 252 g/mol. The van der Waals surface area contributed by atoms with Crippen LogP contribution < -0.4 is 5.73 Å². The smallest absolute Gasteiger partial charge is 0.338 e. The Kier molecular flexibility index (Phi) is 4.49. The van der Waals surface area contributed by atoms with Gasteiger partial charge in [-0.15, -0.1) is 12.4 Å². The van der Waals surface area contributed by atoms with Crippen LogP contribution in [0.2, 0.25) is 0 Å². The van der Waals surface area contributed by atoms with Crippen LogP contribution in [0, 0.1) is 0 Å². The quantitative estimate of drug-likeness (QED) is 0.835. The van der Waals surface area contributed by atoms with Crippen LogP contribution in [-0.2, 0) is 11.3 Å². The molecule has 0 radical (unpaired) electrons. The maximum Gasteiger partial charge on any atom is 0.338 e. The van der Waals surface area contributed by atoms with Gasteiger partial charge in [-0.25, -0.2) is 4.79 Å². The van der Waals surface area contributed by atoms with E-state index in [1.807, 2.05) is 30.3 Å². The molecule has 90 valence electrons. The van der Waals surface area contributed by atoms with Crippen molar-refractivity contribution in [2.75, 3.05) is 7.11 Å². The maximum atomic E-state index is 11.6. The molecule has 0 aromatic heterocycles. The Morgan fingerprint density at radius 2 is 1.82 bits per heavy atom. The highest BCUT2D eigenvalue weighted by Gasteiger charge is 2.10. The third kappa shape index (κ3) is 2.40. The van der Waals surface area contributed by atoms with Crippen molar-refractivity contribution >= 4 is 29.1 Å². The number of hydrogen-bond acceptors (Lipinski definition) is 3. The number of nitrogens with two attached hydrogens (primary N) is 1. The van der Waals surface area contributed by atoms with E-state index >= 15 is 0 Å². The molecule has 0 aliphatic heterocycles. The van der Waals surface area contributed by atoms with Crippen molar-refractivity contribution in [3.8, 4) is 0 Å². The van der Waals surface area contributed by atoms with Gasteiger partial charge in [0.2, 0.25) is 0 Å². The standard InChI is InChI=1S/C13H13NO2.ClH/c1-16-13(15)12-7-3-5-10-9(8-14)4-2-6-11(10)12;/h2-7H,8,14H2,1H3;1H. The first-order valence-electron chi connectivity index (χ1n) is 5.07. The van der Waals surface area contributed by atoms with Crippen molar-refractivity contribution in [2.24, 2.45) is 5.73 Å². The average Bonchev–Trinajstić information content (AvgIpc) is 2.36. The molecule has 0 atom stereocenters. The first-order valence-corrected chi connectivity index (χ1v) is 5.07. The predicted octanol–water partition coefficient (Wildman–Crippen LogP) is 2.51. The summed E-state index contributed by atoms with van der Waals surface area (Å²) in [7, 11) is 1.38. The van der Waals surface area contributed by atoms with Crippen LogP contribution in [0.25, 0.3) is 10.8 Å². The zero-order valence-corrected chi connectivity index (χ0v) is 10.3. The lowest BCUT2D eigenvalue weighted by Gasteiger charge is -2.07. The van der Waals surface area contributed by atoms with Gasteiger partial charge in [0.05, 0.1) is 12.7 Å². The molecule has 0 aliphatic rings. The van der Waals surface area contributed by atoms with Crippen molar-refractivity contribution in [1.29, 1.82) is 0 Å². The van der Waals surface area contributed by atoms with Crippen LogP contribution in [0.15, 0.2) is 36.4 Å². The van der Waals surface area contributed by atoms with Crippen molar-refractivity contribution < 1.29 is 9.53 Å². The van der Waals surface area contributed by atoms with E-state index in [1.54, 1.807) is 6.07 Å². The van der Waals surface area contributed by atoms with Crippen LogP contribution in [0.3, 0.4) is 0 Å². The molecule has 2 rings (SSSR count). The summed E-state index contributed by atoms with van der Waals surface area (Å²) in [4.78, 5) is 11.6. The topological polar surface area (TPSA) is 52.3 Å². The normalized spacial score (nSPS) is 9.76. The first-order chi connectivity index (χ1) is 7.77. The third-order valence-corrected chi connectivity index (χ3v) is 2.64. The van der Waals surface area contributed by atoms with Gasteiger partial charge in [-0.1, -0.05) is 30.3 Å². The highest BCUT2D eigenvalue weighted by atomic mass is 35.5.